The lowest BCUT2D eigenvalue weighted by molar-refractivity contribution is 0.0692. The summed E-state index contributed by atoms with van der Waals surface area (Å²) in [4.78, 5) is 27.1. The Labute approximate surface area is 117 Å². The molecular weight excluding hydrogens is 312 g/mol. The normalized spacial score (nSPS) is 9.95. The number of carboxylic acid groups (broad SMARTS) is 1. The summed E-state index contributed by atoms with van der Waals surface area (Å²) in [5.41, 5.74) is 0.0177. The third-order valence-electron chi connectivity index (χ3n) is 2.36. The average molecular weight is 321 g/mol. The molecule has 1 amide bonds. The van der Waals surface area contributed by atoms with E-state index >= 15 is 0 Å². The fourth-order valence-electron chi connectivity index (χ4n) is 1.51. The van der Waals surface area contributed by atoms with E-state index in [1.54, 1.807) is 24.3 Å². The summed E-state index contributed by atoms with van der Waals surface area (Å²) in [7, 11) is 0. The Morgan fingerprint density at radius 3 is 2.58 bits per heavy atom. The minimum absolute atomic E-state index is 0.0668. The molecule has 0 unspecified atom stereocenters. The van der Waals surface area contributed by atoms with Crippen LogP contribution in [0.15, 0.2) is 47.1 Å². The molecule has 1 aromatic heterocycles. The van der Waals surface area contributed by atoms with Crippen LogP contribution in [0, 0.1) is 0 Å². The largest absolute Gasteiger partial charge is 0.478 e. The molecule has 19 heavy (non-hydrogen) atoms. The second-order valence-corrected chi connectivity index (χ2v) is 4.58. The van der Waals surface area contributed by atoms with E-state index in [0.29, 0.717) is 10.3 Å². The molecule has 2 N–H and O–H groups in total. The molecule has 96 valence electrons. The maximum absolute atomic E-state index is 12.0. The fourth-order valence-corrected chi connectivity index (χ4v) is 1.87. The molecule has 0 atom stereocenters. The van der Waals surface area contributed by atoms with Gasteiger partial charge in [-0.05, 0) is 30.3 Å². The summed E-state index contributed by atoms with van der Waals surface area (Å²) < 4.78 is 0.597. The van der Waals surface area contributed by atoms with Gasteiger partial charge in [0.1, 0.15) is 5.82 Å². The van der Waals surface area contributed by atoms with Gasteiger partial charge in [0.15, 0.2) is 0 Å². The fraction of sp³-hybridized carbons (Fsp3) is 0. The lowest BCUT2D eigenvalue weighted by Crippen LogP contribution is -2.17. The number of nitrogens with one attached hydrogen (secondary N) is 1. The number of hydrogen-bond donors (Lipinski definition) is 2. The molecule has 0 saturated carbocycles. The molecule has 0 aliphatic carbocycles. The SMILES string of the molecule is O=C(O)c1cc(Br)ccc1C(=O)Nc1ccccn1. The number of anilines is 1. The van der Waals surface area contributed by atoms with Gasteiger partial charge in [-0.2, -0.15) is 0 Å². The minimum atomic E-state index is -1.16. The van der Waals surface area contributed by atoms with Crippen LogP contribution in [-0.4, -0.2) is 22.0 Å². The zero-order valence-corrected chi connectivity index (χ0v) is 11.2. The zero-order chi connectivity index (χ0) is 13.8. The van der Waals surface area contributed by atoms with Crippen molar-refractivity contribution in [2.75, 3.05) is 5.32 Å². The Hall–Kier alpha value is -2.21. The predicted octanol–water partition coefficient (Wildman–Crippen LogP) is 2.79. The molecule has 0 fully saturated rings. The molecule has 0 saturated heterocycles. The first-order valence-corrected chi connectivity index (χ1v) is 6.12. The summed E-state index contributed by atoms with van der Waals surface area (Å²) in [5, 5.41) is 11.6. The monoisotopic (exact) mass is 320 g/mol. The number of carbonyl (C=O) groups excluding carboxylic acids is 1. The second kappa shape index (κ2) is 5.62. The van der Waals surface area contributed by atoms with Crippen molar-refractivity contribution in [2.45, 2.75) is 0 Å². The molecule has 1 heterocycles. The minimum Gasteiger partial charge on any atom is -0.478 e. The van der Waals surface area contributed by atoms with Crippen LogP contribution >= 0.6 is 15.9 Å². The molecule has 2 rings (SSSR count). The maximum atomic E-state index is 12.0. The summed E-state index contributed by atoms with van der Waals surface area (Å²) in [5.74, 6) is -1.30. The lowest BCUT2D eigenvalue weighted by atomic mass is 10.1. The smallest absolute Gasteiger partial charge is 0.336 e. The quantitative estimate of drug-likeness (QED) is 0.911. The van der Waals surface area contributed by atoms with Gasteiger partial charge in [-0.15, -0.1) is 0 Å². The van der Waals surface area contributed by atoms with Gasteiger partial charge in [0, 0.05) is 10.7 Å². The zero-order valence-electron chi connectivity index (χ0n) is 9.63. The highest BCUT2D eigenvalue weighted by Crippen LogP contribution is 2.18. The van der Waals surface area contributed by atoms with Crippen LogP contribution in [0.25, 0.3) is 0 Å². The molecule has 0 bridgehead atoms. The van der Waals surface area contributed by atoms with Crippen molar-refractivity contribution in [1.29, 1.82) is 0 Å². The van der Waals surface area contributed by atoms with E-state index in [0.717, 1.165) is 0 Å². The third-order valence-corrected chi connectivity index (χ3v) is 2.86. The van der Waals surface area contributed by atoms with Crippen molar-refractivity contribution in [3.8, 4) is 0 Å². The molecular formula is C13H9BrN2O3. The highest BCUT2D eigenvalue weighted by atomic mass is 79.9. The molecule has 0 spiro atoms. The number of amides is 1. The second-order valence-electron chi connectivity index (χ2n) is 3.66. The Balaban J connectivity index is 2.31. The van der Waals surface area contributed by atoms with E-state index in [4.69, 9.17) is 5.11 Å². The van der Waals surface area contributed by atoms with Crippen LogP contribution in [0.4, 0.5) is 5.82 Å². The van der Waals surface area contributed by atoms with E-state index < -0.39 is 11.9 Å². The Bertz CT molecular complexity index is 629. The van der Waals surface area contributed by atoms with Gasteiger partial charge in [-0.1, -0.05) is 22.0 Å². The third kappa shape index (κ3) is 3.17. The van der Waals surface area contributed by atoms with Crippen LogP contribution in [0.5, 0.6) is 0 Å². The highest BCUT2D eigenvalue weighted by molar-refractivity contribution is 9.10. The standard InChI is InChI=1S/C13H9BrN2O3/c14-8-4-5-9(10(7-8)13(18)19)12(17)16-11-3-1-2-6-15-11/h1-7H,(H,18,19)(H,15,16,17). The van der Waals surface area contributed by atoms with E-state index in [1.807, 2.05) is 0 Å². The van der Waals surface area contributed by atoms with Crippen molar-refractivity contribution < 1.29 is 14.7 Å². The van der Waals surface area contributed by atoms with Gasteiger partial charge in [0.05, 0.1) is 11.1 Å². The molecule has 1 aromatic carbocycles. The first-order valence-electron chi connectivity index (χ1n) is 5.33. The highest BCUT2D eigenvalue weighted by Gasteiger charge is 2.17. The molecule has 5 nitrogen and oxygen atoms in total. The topological polar surface area (TPSA) is 79.3 Å². The Morgan fingerprint density at radius 2 is 1.95 bits per heavy atom. The molecule has 0 aliphatic rings. The van der Waals surface area contributed by atoms with Gasteiger partial charge in [0.2, 0.25) is 0 Å². The van der Waals surface area contributed by atoms with Crippen molar-refractivity contribution in [1.82, 2.24) is 4.98 Å². The number of hydrogen-bond acceptors (Lipinski definition) is 3. The number of rotatable bonds is 3. The number of carbonyl (C=O) groups is 2. The molecule has 0 aliphatic heterocycles. The van der Waals surface area contributed by atoms with Crippen LogP contribution < -0.4 is 5.32 Å². The van der Waals surface area contributed by atoms with E-state index in [9.17, 15) is 9.59 Å². The van der Waals surface area contributed by atoms with Crippen molar-refractivity contribution in [3.05, 3.63) is 58.2 Å². The van der Waals surface area contributed by atoms with Crippen LogP contribution in [0.2, 0.25) is 0 Å². The first-order chi connectivity index (χ1) is 9.08. The number of benzene rings is 1. The first kappa shape index (κ1) is 13.2. The number of aromatic carboxylic acids is 1. The van der Waals surface area contributed by atoms with Gasteiger partial charge in [0.25, 0.3) is 5.91 Å². The van der Waals surface area contributed by atoms with Gasteiger partial charge in [-0.25, -0.2) is 9.78 Å². The number of aromatic nitrogens is 1. The van der Waals surface area contributed by atoms with Crippen molar-refractivity contribution >= 4 is 33.6 Å². The van der Waals surface area contributed by atoms with Crippen LogP contribution in [-0.2, 0) is 0 Å². The van der Waals surface area contributed by atoms with Gasteiger partial charge in [-0.3, -0.25) is 4.79 Å². The summed E-state index contributed by atoms with van der Waals surface area (Å²) in [6.07, 6.45) is 1.54. The molecule has 2 aromatic rings. The van der Waals surface area contributed by atoms with Gasteiger partial charge < -0.3 is 10.4 Å². The van der Waals surface area contributed by atoms with E-state index in [-0.39, 0.29) is 11.1 Å². The number of nitrogens with zero attached hydrogens (tertiary/aromatic N) is 1. The van der Waals surface area contributed by atoms with E-state index in [2.05, 4.69) is 26.2 Å². The lowest BCUT2D eigenvalue weighted by Gasteiger charge is -2.07. The van der Waals surface area contributed by atoms with Crippen LogP contribution in [0.1, 0.15) is 20.7 Å². The van der Waals surface area contributed by atoms with E-state index in [1.165, 1.54) is 18.3 Å². The van der Waals surface area contributed by atoms with Crippen molar-refractivity contribution in [3.63, 3.8) is 0 Å². The van der Waals surface area contributed by atoms with Gasteiger partial charge >= 0.3 is 5.97 Å². The summed E-state index contributed by atoms with van der Waals surface area (Å²) >= 11 is 3.17. The predicted molar refractivity (Wildman–Crippen MR) is 73.3 cm³/mol. The van der Waals surface area contributed by atoms with Crippen LogP contribution in [0.3, 0.4) is 0 Å². The molecule has 6 heteroatoms. The summed E-state index contributed by atoms with van der Waals surface area (Å²) in [6, 6.07) is 9.51. The van der Waals surface area contributed by atoms with Crippen molar-refractivity contribution in [2.24, 2.45) is 0 Å². The number of carboxylic acids is 1. The number of pyridine rings is 1. The molecule has 0 radical (unpaired) electrons. The Kier molecular flexibility index (Phi) is 3.91. The Morgan fingerprint density at radius 1 is 1.16 bits per heavy atom. The average Bonchev–Trinajstić information content (AvgIpc) is 2.39. The summed E-state index contributed by atoms with van der Waals surface area (Å²) in [6.45, 7) is 0. The maximum Gasteiger partial charge on any atom is 0.336 e. The number of halogens is 1.